The van der Waals surface area contributed by atoms with Gasteiger partial charge in [-0.15, -0.1) is 82.3 Å². The molecule has 0 spiro atoms. The highest BCUT2D eigenvalue weighted by Gasteiger charge is 2.08. The molecule has 0 atom stereocenters. The number of phenolic OH excluding ortho intramolecular Hbond substituents is 1. The van der Waals surface area contributed by atoms with Gasteiger partial charge in [-0.3, -0.25) is 33.6 Å². The minimum Gasteiger partial charge on any atom is -0.508 e. The van der Waals surface area contributed by atoms with Crippen molar-refractivity contribution in [3.63, 3.8) is 0 Å². The topological polar surface area (TPSA) is 281 Å². The monoisotopic (exact) mass is 1520 g/mol. The van der Waals surface area contributed by atoms with Gasteiger partial charge in [0.25, 0.3) is 0 Å². The number of hydrogen-bond donors (Lipinski definition) is 8. The van der Waals surface area contributed by atoms with Crippen LogP contribution in [0.25, 0.3) is 0 Å². The fourth-order valence-corrected chi connectivity index (χ4v) is 13.0. The zero-order chi connectivity index (χ0) is 71.5. The van der Waals surface area contributed by atoms with E-state index in [4.69, 9.17) is 75.7 Å². The normalized spacial score (nSPS) is 10.0. The summed E-state index contributed by atoms with van der Waals surface area (Å²) in [5.74, 6) is -3.76. The Hall–Kier alpha value is -6.33. The van der Waals surface area contributed by atoms with Crippen LogP contribution in [0.15, 0.2) is 198 Å². The van der Waals surface area contributed by atoms with E-state index in [1.807, 2.05) is 30.3 Å². The van der Waals surface area contributed by atoms with E-state index in [1.54, 1.807) is 103 Å². The van der Waals surface area contributed by atoms with Crippen LogP contribution in [0.2, 0.25) is 15.1 Å². The Balaban J connectivity index is 0.000000562. The molecule has 0 aliphatic heterocycles. The fourth-order valence-electron chi connectivity index (χ4n) is 6.53. The lowest BCUT2D eigenvalue weighted by atomic mass is 10.2. The molecule has 0 bridgehead atoms. The van der Waals surface area contributed by atoms with Gasteiger partial charge >= 0.3 is 41.8 Å². The van der Waals surface area contributed by atoms with Gasteiger partial charge in [0.1, 0.15) is 29.0 Å². The summed E-state index contributed by atoms with van der Waals surface area (Å²) >= 11 is 26.9. The largest absolute Gasteiger partial charge is 0.508 e. The van der Waals surface area contributed by atoms with Crippen molar-refractivity contribution in [3.05, 3.63) is 202 Å². The number of aromatic hydroxyl groups is 1. The smallest absolute Gasteiger partial charge is 0.313 e. The van der Waals surface area contributed by atoms with Crippen molar-refractivity contribution in [2.75, 3.05) is 40.3 Å². The zero-order valence-electron chi connectivity index (χ0n) is 51.3. The number of rotatable bonds is 32. The van der Waals surface area contributed by atoms with E-state index in [0.29, 0.717) is 48.3 Å². The van der Waals surface area contributed by atoms with E-state index in [0.717, 1.165) is 92.5 Å². The van der Waals surface area contributed by atoms with Crippen LogP contribution in [-0.2, 0) is 33.6 Å². The molecule has 0 aliphatic carbocycles. The van der Waals surface area contributed by atoms with Crippen molar-refractivity contribution in [2.24, 2.45) is 0 Å². The third-order valence-electron chi connectivity index (χ3n) is 10.8. The van der Waals surface area contributed by atoms with Gasteiger partial charge in [0.2, 0.25) is 0 Å². The van der Waals surface area contributed by atoms with Gasteiger partial charge in [0.15, 0.2) is 0 Å². The van der Waals surface area contributed by atoms with Gasteiger partial charge in [-0.1, -0.05) is 96.2 Å². The maximum atomic E-state index is 13.2. The Kier molecular flexibility index (Phi) is 49.9. The van der Waals surface area contributed by atoms with Crippen molar-refractivity contribution in [2.45, 2.75) is 105 Å². The predicted molar refractivity (Wildman–Crippen MR) is 381 cm³/mol. The lowest BCUT2D eigenvalue weighted by molar-refractivity contribution is -0.138. The summed E-state index contributed by atoms with van der Waals surface area (Å²) < 4.78 is 51.3. The minimum absolute atomic E-state index is 0.0173. The summed E-state index contributed by atoms with van der Waals surface area (Å²) in [5, 5.41) is 69.7. The number of carboxylic acid groups (broad SMARTS) is 7. The summed E-state index contributed by atoms with van der Waals surface area (Å²) in [6.45, 7) is 0. The Morgan fingerprint density at radius 3 is 1.17 bits per heavy atom. The Labute approximate surface area is 599 Å². The number of carboxylic acids is 7. The van der Waals surface area contributed by atoms with Gasteiger partial charge in [0.05, 0.1) is 28.7 Å². The molecule has 8 N–H and O–H groups in total. The van der Waals surface area contributed by atoms with Crippen LogP contribution < -0.4 is 0 Å². The molecule has 0 radical (unpaired) electrons. The number of unbranched alkanes of at least 4 members (excludes halogenated alkanes) is 4. The third kappa shape index (κ3) is 50.1. The number of aliphatic carboxylic acids is 7. The van der Waals surface area contributed by atoms with Crippen molar-refractivity contribution >= 4 is 159 Å². The number of hydrogen-bond acceptors (Lipinski definition) is 15. The molecule has 7 rings (SSSR count). The van der Waals surface area contributed by atoms with E-state index >= 15 is 0 Å². The highest BCUT2D eigenvalue weighted by atomic mass is 35.5. The number of halogens is 7. The summed E-state index contributed by atoms with van der Waals surface area (Å²) in [6.07, 6.45) is 6.57. The molecule has 0 aromatic heterocycles. The molecule has 520 valence electrons. The number of thioether (sulfide) groups is 7. The summed E-state index contributed by atoms with van der Waals surface area (Å²) in [7, 11) is 0. The van der Waals surface area contributed by atoms with Crippen molar-refractivity contribution in [3.8, 4) is 5.75 Å². The van der Waals surface area contributed by atoms with E-state index in [-0.39, 0.29) is 72.0 Å². The van der Waals surface area contributed by atoms with Crippen LogP contribution in [0.4, 0.5) is 17.6 Å². The first-order valence-electron chi connectivity index (χ1n) is 28.6. The van der Waals surface area contributed by atoms with Crippen molar-refractivity contribution in [1.29, 1.82) is 0 Å². The Morgan fingerprint density at radius 1 is 0.312 bits per heavy atom. The first-order chi connectivity index (χ1) is 45.7. The molecule has 0 unspecified atom stereocenters. The molecule has 0 amide bonds. The first-order valence-corrected chi connectivity index (χ1v) is 36.7. The predicted octanol–water partition coefficient (Wildman–Crippen LogP) is 19.6. The average Bonchev–Trinajstić information content (AvgIpc) is 1.38. The van der Waals surface area contributed by atoms with Gasteiger partial charge < -0.3 is 40.9 Å². The third-order valence-corrected chi connectivity index (χ3v) is 19.1. The number of carbonyl (C=O) groups is 7. The molecule has 0 heterocycles. The Morgan fingerprint density at radius 2 is 0.698 bits per heavy atom. The fraction of sp³-hybridized carbons (Fsp3) is 0.269. The molecule has 29 heteroatoms. The van der Waals surface area contributed by atoms with Crippen LogP contribution in [0.3, 0.4) is 0 Å². The van der Waals surface area contributed by atoms with Gasteiger partial charge in [-0.05, 0) is 165 Å². The molecule has 96 heavy (non-hydrogen) atoms. The SMILES string of the molecule is O=C(O)CCCCCSc1cccc(F)c1.O=C(O)CCCCCSc1ccccc1F.O=C(O)CCCSc1cc(Cl)ccc1Cl.O=C(O)CCSc1cccc(Cl)c1.O=C(O)CSc1cccc(F)c1.O=C(O)CSc1cccc(O)c1.O=C(O)CSc1ccccc1F. The Bertz CT molecular complexity index is 3400. The minimum atomic E-state index is -0.941. The molecule has 0 saturated heterocycles. The second-order valence-electron chi connectivity index (χ2n) is 18.8. The summed E-state index contributed by atoms with van der Waals surface area (Å²) in [5.41, 5.74) is 0. The molecule has 0 saturated carbocycles. The lowest BCUT2D eigenvalue weighted by Gasteiger charge is -2.03. The number of benzene rings is 7. The number of phenols is 1. The van der Waals surface area contributed by atoms with Crippen LogP contribution in [0.1, 0.15) is 70.6 Å². The maximum Gasteiger partial charge on any atom is 0.313 e. The first kappa shape index (κ1) is 87.7. The zero-order valence-corrected chi connectivity index (χ0v) is 59.2. The van der Waals surface area contributed by atoms with Crippen LogP contribution in [-0.4, -0.2) is 123 Å². The quantitative estimate of drug-likeness (QED) is 0.0110. The van der Waals surface area contributed by atoms with Crippen molar-refractivity contribution < 1.29 is 92.0 Å². The van der Waals surface area contributed by atoms with Crippen LogP contribution in [0.5, 0.6) is 5.75 Å². The molecule has 0 fully saturated rings. The second kappa shape index (κ2) is 54.7. The molecular weight excluding hydrogens is 1450 g/mol. The van der Waals surface area contributed by atoms with Gasteiger partial charge in [-0.2, -0.15) is 0 Å². The van der Waals surface area contributed by atoms with Gasteiger partial charge in [0, 0.05) is 69.3 Å². The molecule has 15 nitrogen and oxygen atoms in total. The van der Waals surface area contributed by atoms with E-state index < -0.39 is 41.8 Å². The highest BCUT2D eigenvalue weighted by Crippen LogP contribution is 2.31. The molecule has 7 aromatic carbocycles. The van der Waals surface area contributed by atoms with Gasteiger partial charge in [-0.25, -0.2) is 17.6 Å². The summed E-state index contributed by atoms with van der Waals surface area (Å²) in [6, 6.07) is 44.4. The van der Waals surface area contributed by atoms with Crippen LogP contribution >= 0.6 is 117 Å². The lowest BCUT2D eigenvalue weighted by Crippen LogP contribution is -1.97. The van der Waals surface area contributed by atoms with E-state index in [2.05, 4.69) is 0 Å². The molecule has 7 aromatic rings. The highest BCUT2D eigenvalue weighted by molar-refractivity contribution is 8.01. The second-order valence-corrected chi connectivity index (χ2v) is 27.8. The van der Waals surface area contributed by atoms with E-state index in [1.165, 1.54) is 89.5 Å². The molecule has 0 aliphatic rings. The van der Waals surface area contributed by atoms with Crippen molar-refractivity contribution in [1.82, 2.24) is 0 Å². The van der Waals surface area contributed by atoms with Crippen LogP contribution in [0, 0.1) is 23.3 Å². The summed E-state index contributed by atoms with van der Waals surface area (Å²) in [4.78, 5) is 76.7. The standard InChI is InChI=1S/2C12H15FO2S.C10H10Cl2O2S.C9H9ClO2S.2C8H7FO2S.C8H8O3S/c13-10-6-3-4-7-11(10)16-9-5-1-2-8-12(14)15;13-10-5-4-6-11(9-10)16-8-3-1-2-7-12(14)15;11-7-3-4-8(12)9(6-7)15-5-1-2-10(13)14;10-7-2-1-3-8(6-7)13-5-4-9(11)12;9-6-2-1-3-7(4-6)12-5-8(10)11;9-6-3-1-2-4-7(6)12-5-8(10)11;9-6-2-1-3-7(4-6)12-5-8(10)11/h3-4,6-7H,1-2,5,8-9H2,(H,14,15);4-6,9H,1-3,7-8H2,(H,14,15);3-4,6H,1-2,5H2,(H,13,14);1-3,6H,4-5H2,(H,11,12);2*1-4H,5H2,(H,10,11);1-4,9H,5H2,(H,10,11). The van der Waals surface area contributed by atoms with E-state index in [9.17, 15) is 51.1 Å². The maximum absolute atomic E-state index is 13.2. The average molecular weight is 1520 g/mol. The molecular formula is C67H71Cl3F4O15S7.